The van der Waals surface area contributed by atoms with Gasteiger partial charge in [-0.05, 0) is 66.1 Å². The van der Waals surface area contributed by atoms with Gasteiger partial charge in [-0.15, -0.1) is 0 Å². The lowest BCUT2D eigenvalue weighted by Crippen LogP contribution is -2.29. The largest absolute Gasteiger partial charge is 0.490 e. The summed E-state index contributed by atoms with van der Waals surface area (Å²) in [7, 11) is 0. The van der Waals surface area contributed by atoms with Crippen LogP contribution in [0.4, 0.5) is 0 Å². The number of ether oxygens (including phenoxy) is 1. The number of carbonyl (C=O) groups is 1. The predicted octanol–water partition coefficient (Wildman–Crippen LogP) is 4.65. The molecule has 4 rings (SSSR count). The monoisotopic (exact) mass is 419 g/mol. The Morgan fingerprint density at radius 1 is 1.06 bits per heavy atom. The number of carboxylic acid groups (broad SMARTS) is 1. The average Bonchev–Trinajstić information content (AvgIpc) is 3.25. The molecule has 1 unspecified atom stereocenters. The van der Waals surface area contributed by atoms with E-state index in [0.717, 1.165) is 19.3 Å². The molecule has 0 spiro atoms. The van der Waals surface area contributed by atoms with Gasteiger partial charge in [0.05, 0.1) is 0 Å². The van der Waals surface area contributed by atoms with Gasteiger partial charge in [0.2, 0.25) is 0 Å². The Morgan fingerprint density at radius 3 is 2.58 bits per heavy atom. The van der Waals surface area contributed by atoms with Crippen molar-refractivity contribution in [2.45, 2.75) is 50.3 Å². The van der Waals surface area contributed by atoms with Crippen molar-refractivity contribution in [3.8, 4) is 5.75 Å². The Balaban J connectivity index is 1.34. The van der Waals surface area contributed by atoms with E-state index in [2.05, 4.69) is 54.7 Å². The predicted molar refractivity (Wildman–Crippen MR) is 121 cm³/mol. The van der Waals surface area contributed by atoms with Crippen LogP contribution in [0.15, 0.2) is 66.7 Å². The van der Waals surface area contributed by atoms with Gasteiger partial charge in [-0.3, -0.25) is 0 Å². The Hall–Kier alpha value is -2.89. The molecular weight excluding hydrogens is 390 g/mol. The first kappa shape index (κ1) is 21.3. The number of nitrogens with one attached hydrogen (secondary N) is 1. The third kappa shape index (κ3) is 5.06. The summed E-state index contributed by atoms with van der Waals surface area (Å²) in [6.07, 6.45) is 1.86. The van der Waals surface area contributed by atoms with E-state index in [0.29, 0.717) is 17.7 Å². The van der Waals surface area contributed by atoms with E-state index >= 15 is 0 Å². The fourth-order valence-corrected chi connectivity index (χ4v) is 4.59. The fourth-order valence-electron chi connectivity index (χ4n) is 4.59. The number of hydrogen-bond donors (Lipinski definition) is 3. The molecule has 4 atom stereocenters. The number of fused-ring (bicyclic) bond motifs is 1. The highest BCUT2D eigenvalue weighted by molar-refractivity contribution is 5.86. The van der Waals surface area contributed by atoms with Gasteiger partial charge in [-0.25, -0.2) is 4.79 Å². The van der Waals surface area contributed by atoms with E-state index in [1.165, 1.54) is 21.9 Å². The third-order valence-corrected chi connectivity index (χ3v) is 6.25. The lowest BCUT2D eigenvalue weighted by atomic mass is 9.96. The van der Waals surface area contributed by atoms with Crippen molar-refractivity contribution in [3.05, 3.63) is 77.9 Å². The summed E-state index contributed by atoms with van der Waals surface area (Å²) in [5.74, 6) is -0.212. The number of aliphatic carboxylic acids is 1. The van der Waals surface area contributed by atoms with Crippen LogP contribution < -0.4 is 10.1 Å². The van der Waals surface area contributed by atoms with Crippen LogP contribution >= 0.6 is 0 Å². The minimum atomic E-state index is -1.51. The van der Waals surface area contributed by atoms with Crippen LogP contribution in [0.3, 0.4) is 0 Å². The topological polar surface area (TPSA) is 78.8 Å². The molecule has 0 radical (unpaired) electrons. The second-order valence-corrected chi connectivity index (χ2v) is 8.40. The molecule has 1 aliphatic carbocycles. The second-order valence-electron chi connectivity index (χ2n) is 8.40. The summed E-state index contributed by atoms with van der Waals surface area (Å²) < 4.78 is 5.36. The molecule has 3 aromatic rings. The summed E-state index contributed by atoms with van der Waals surface area (Å²) in [6, 6.07) is 23.6. The van der Waals surface area contributed by atoms with Crippen molar-refractivity contribution < 1.29 is 19.7 Å². The first-order chi connectivity index (χ1) is 15.0. The average molecular weight is 420 g/mol. The molecule has 0 aromatic heterocycles. The molecule has 5 heteroatoms. The molecule has 5 nitrogen and oxygen atoms in total. The van der Waals surface area contributed by atoms with Crippen LogP contribution in [-0.4, -0.2) is 34.9 Å². The smallest absolute Gasteiger partial charge is 0.336 e. The van der Waals surface area contributed by atoms with Crippen LogP contribution in [0.1, 0.15) is 49.3 Å². The van der Waals surface area contributed by atoms with Crippen LogP contribution in [0.25, 0.3) is 10.8 Å². The fraction of sp³-hybridized carbons (Fsp3) is 0.346. The van der Waals surface area contributed by atoms with Crippen LogP contribution in [0, 0.1) is 0 Å². The Kier molecular flexibility index (Phi) is 6.54. The summed E-state index contributed by atoms with van der Waals surface area (Å²) in [4.78, 5) is 10.7. The molecule has 0 bridgehead atoms. The second kappa shape index (κ2) is 9.50. The lowest BCUT2D eigenvalue weighted by molar-refractivity contribution is -0.148. The Morgan fingerprint density at radius 2 is 1.81 bits per heavy atom. The zero-order chi connectivity index (χ0) is 21.8. The summed E-state index contributed by atoms with van der Waals surface area (Å²) >= 11 is 0. The molecule has 1 saturated carbocycles. The zero-order valence-corrected chi connectivity index (χ0v) is 17.7. The molecule has 0 saturated heterocycles. The van der Waals surface area contributed by atoms with Gasteiger partial charge in [0.25, 0.3) is 0 Å². The third-order valence-electron chi connectivity index (χ3n) is 6.25. The first-order valence-corrected chi connectivity index (χ1v) is 10.9. The number of benzene rings is 3. The van der Waals surface area contributed by atoms with Crippen molar-refractivity contribution in [2.24, 2.45) is 0 Å². The number of rotatable bonds is 8. The zero-order valence-electron chi connectivity index (χ0n) is 17.7. The first-order valence-electron chi connectivity index (χ1n) is 10.9. The maximum atomic E-state index is 10.7. The van der Waals surface area contributed by atoms with Crippen molar-refractivity contribution in [3.63, 3.8) is 0 Å². The lowest BCUT2D eigenvalue weighted by Gasteiger charge is -2.21. The number of aliphatic hydroxyl groups is 1. The van der Waals surface area contributed by atoms with Crippen molar-refractivity contribution in [1.29, 1.82) is 0 Å². The van der Waals surface area contributed by atoms with Crippen LogP contribution in [0.5, 0.6) is 5.75 Å². The summed E-state index contributed by atoms with van der Waals surface area (Å²) in [5, 5.41) is 24.5. The molecule has 1 aliphatic rings. The molecule has 0 aliphatic heterocycles. The normalized spacial score (nSPS) is 20.5. The number of aliphatic hydroxyl groups excluding tert-OH is 1. The van der Waals surface area contributed by atoms with Crippen molar-refractivity contribution in [2.75, 3.05) is 6.61 Å². The van der Waals surface area contributed by atoms with E-state index in [-0.39, 0.29) is 12.6 Å². The van der Waals surface area contributed by atoms with Gasteiger partial charge in [0, 0.05) is 12.1 Å². The molecule has 31 heavy (non-hydrogen) atoms. The number of carboxylic acids is 1. The van der Waals surface area contributed by atoms with E-state index in [1.54, 1.807) is 0 Å². The summed E-state index contributed by atoms with van der Waals surface area (Å²) in [5.41, 5.74) is 2.61. The highest BCUT2D eigenvalue weighted by Crippen LogP contribution is 2.36. The van der Waals surface area contributed by atoms with Gasteiger partial charge in [0.15, 0.2) is 6.10 Å². The van der Waals surface area contributed by atoms with Gasteiger partial charge in [-0.2, -0.15) is 0 Å². The minimum absolute atomic E-state index is 0.254. The molecule has 0 amide bonds. The van der Waals surface area contributed by atoms with Gasteiger partial charge >= 0.3 is 5.97 Å². The number of hydrogen-bond acceptors (Lipinski definition) is 4. The molecule has 0 heterocycles. The van der Waals surface area contributed by atoms with Gasteiger partial charge in [-0.1, -0.05) is 54.6 Å². The molecule has 1 fully saturated rings. The van der Waals surface area contributed by atoms with Crippen LogP contribution in [-0.2, 0) is 4.79 Å². The van der Waals surface area contributed by atoms with Crippen LogP contribution in [0.2, 0.25) is 0 Å². The minimum Gasteiger partial charge on any atom is -0.490 e. The molecule has 3 N–H and O–H groups in total. The molecular formula is C26H29NO4. The highest BCUT2D eigenvalue weighted by atomic mass is 16.5. The SMILES string of the molecule is C[C@@H](N[C@H]1CC[C@@H](c2ccc(OCC(O)C(=O)O)cc2)C1)c1cccc2ccccc12. The maximum absolute atomic E-state index is 10.7. The summed E-state index contributed by atoms with van der Waals surface area (Å²) in [6.45, 7) is 1.99. The molecule has 3 aromatic carbocycles. The van der Waals surface area contributed by atoms with Crippen molar-refractivity contribution in [1.82, 2.24) is 5.32 Å². The van der Waals surface area contributed by atoms with E-state index in [1.807, 2.05) is 24.3 Å². The Bertz CT molecular complexity index is 1030. The van der Waals surface area contributed by atoms with Gasteiger partial charge in [0.1, 0.15) is 12.4 Å². The Labute approximate surface area is 182 Å². The molecule has 162 valence electrons. The quantitative estimate of drug-likeness (QED) is 0.495. The van der Waals surface area contributed by atoms with E-state index in [9.17, 15) is 9.90 Å². The maximum Gasteiger partial charge on any atom is 0.336 e. The van der Waals surface area contributed by atoms with E-state index < -0.39 is 12.1 Å². The highest BCUT2D eigenvalue weighted by Gasteiger charge is 2.27. The van der Waals surface area contributed by atoms with Gasteiger partial charge < -0.3 is 20.3 Å². The van der Waals surface area contributed by atoms with E-state index in [4.69, 9.17) is 9.84 Å². The standard InChI is InChI=1S/C26H29NO4/c1-17(23-8-4-6-19-5-2-3-7-24(19)23)27-21-12-9-20(15-21)18-10-13-22(14-11-18)31-16-25(28)26(29)30/h2-8,10-11,13-14,17,20-21,25,27-28H,9,12,15-16H2,1H3,(H,29,30)/t17-,20-,21+,25?/m1/s1. The van der Waals surface area contributed by atoms with Crippen molar-refractivity contribution >= 4 is 16.7 Å².